The number of aliphatic carboxylic acids is 1. The molecule has 3 heterocycles. The van der Waals surface area contributed by atoms with E-state index < -0.39 is 11.4 Å². The summed E-state index contributed by atoms with van der Waals surface area (Å²) >= 11 is 0. The molecule has 2 aromatic heterocycles. The minimum Gasteiger partial charge on any atom is -0.481 e. The highest BCUT2D eigenvalue weighted by molar-refractivity contribution is 5.92. The number of carboxylic acid groups (broad SMARTS) is 1. The number of nitrogens with zero attached hydrogens (tertiary/aromatic N) is 5. The SMILES string of the molecule is Cc1cc(C)nc(-n2nc(C)cc2NC(=O)CN2C[C@@H]3CCC[C@@]3(C(=O)O)C2)n1. The van der Waals surface area contributed by atoms with Gasteiger partial charge in [-0.25, -0.2) is 9.97 Å². The van der Waals surface area contributed by atoms with Gasteiger partial charge in [0.05, 0.1) is 17.7 Å². The monoisotopic (exact) mass is 398 g/mol. The van der Waals surface area contributed by atoms with Gasteiger partial charge in [-0.2, -0.15) is 9.78 Å². The topological polar surface area (TPSA) is 113 Å². The Labute approximate surface area is 169 Å². The lowest BCUT2D eigenvalue weighted by Gasteiger charge is -2.23. The third-order valence-corrected chi connectivity index (χ3v) is 5.99. The fourth-order valence-electron chi connectivity index (χ4n) is 4.79. The van der Waals surface area contributed by atoms with E-state index in [1.54, 1.807) is 6.07 Å². The van der Waals surface area contributed by atoms with Crippen molar-refractivity contribution in [1.29, 1.82) is 0 Å². The van der Waals surface area contributed by atoms with Gasteiger partial charge >= 0.3 is 5.97 Å². The zero-order valence-electron chi connectivity index (χ0n) is 17.0. The lowest BCUT2D eigenvalue weighted by molar-refractivity contribution is -0.149. The molecule has 0 aromatic carbocycles. The van der Waals surface area contributed by atoms with Crippen LogP contribution in [0, 0.1) is 32.1 Å². The molecule has 9 nitrogen and oxygen atoms in total. The van der Waals surface area contributed by atoms with Crippen LogP contribution < -0.4 is 5.32 Å². The Morgan fingerprint density at radius 2 is 1.93 bits per heavy atom. The predicted molar refractivity (Wildman–Crippen MR) is 106 cm³/mol. The van der Waals surface area contributed by atoms with Gasteiger partial charge < -0.3 is 10.4 Å². The Morgan fingerprint density at radius 1 is 1.21 bits per heavy atom. The molecule has 0 unspecified atom stereocenters. The third kappa shape index (κ3) is 3.62. The summed E-state index contributed by atoms with van der Waals surface area (Å²) < 4.78 is 1.53. The minimum atomic E-state index is -0.733. The maximum atomic E-state index is 12.7. The van der Waals surface area contributed by atoms with Crippen LogP contribution in [0.3, 0.4) is 0 Å². The van der Waals surface area contributed by atoms with Crippen molar-refractivity contribution in [3.05, 3.63) is 29.2 Å². The molecule has 154 valence electrons. The second-order valence-electron chi connectivity index (χ2n) is 8.30. The molecular weight excluding hydrogens is 372 g/mol. The smallest absolute Gasteiger partial charge is 0.311 e. The number of carbonyl (C=O) groups is 2. The van der Waals surface area contributed by atoms with Crippen molar-refractivity contribution >= 4 is 17.7 Å². The molecule has 2 atom stereocenters. The van der Waals surface area contributed by atoms with Gasteiger partial charge in [0.15, 0.2) is 0 Å². The van der Waals surface area contributed by atoms with Crippen molar-refractivity contribution < 1.29 is 14.7 Å². The van der Waals surface area contributed by atoms with Crippen LogP contribution in [0.5, 0.6) is 0 Å². The number of hydrogen-bond acceptors (Lipinski definition) is 6. The average molecular weight is 398 g/mol. The first kappa shape index (κ1) is 19.5. The number of aromatic nitrogens is 4. The first-order valence-corrected chi connectivity index (χ1v) is 9.92. The van der Waals surface area contributed by atoms with Gasteiger partial charge in [-0.05, 0) is 45.6 Å². The van der Waals surface area contributed by atoms with E-state index in [4.69, 9.17) is 0 Å². The number of carbonyl (C=O) groups excluding carboxylic acids is 1. The van der Waals surface area contributed by atoms with Crippen LogP contribution in [0.25, 0.3) is 5.95 Å². The van der Waals surface area contributed by atoms with Crippen LogP contribution in [0.4, 0.5) is 5.82 Å². The highest BCUT2D eigenvalue weighted by Gasteiger charge is 2.54. The van der Waals surface area contributed by atoms with E-state index in [-0.39, 0.29) is 18.4 Å². The summed E-state index contributed by atoms with van der Waals surface area (Å²) in [5, 5.41) is 17.0. The molecule has 0 bridgehead atoms. The Kier molecular flexibility index (Phi) is 4.85. The van der Waals surface area contributed by atoms with Crippen molar-refractivity contribution in [1.82, 2.24) is 24.6 Å². The van der Waals surface area contributed by atoms with Gasteiger partial charge in [0.1, 0.15) is 5.82 Å². The van der Waals surface area contributed by atoms with Gasteiger partial charge in [-0.15, -0.1) is 0 Å². The second-order valence-corrected chi connectivity index (χ2v) is 8.30. The number of fused-ring (bicyclic) bond motifs is 1. The normalized spacial score (nSPS) is 23.9. The van der Waals surface area contributed by atoms with Gasteiger partial charge in [0.25, 0.3) is 5.95 Å². The van der Waals surface area contributed by atoms with Gasteiger partial charge in [0, 0.05) is 30.5 Å². The van der Waals surface area contributed by atoms with Gasteiger partial charge in [-0.3, -0.25) is 14.5 Å². The summed E-state index contributed by atoms with van der Waals surface area (Å²) in [6, 6.07) is 3.65. The molecule has 1 saturated carbocycles. The van der Waals surface area contributed by atoms with E-state index in [1.807, 2.05) is 31.7 Å². The van der Waals surface area contributed by atoms with E-state index in [1.165, 1.54) is 4.68 Å². The molecule has 2 aliphatic rings. The Hall–Kier alpha value is -2.81. The molecule has 2 fully saturated rings. The van der Waals surface area contributed by atoms with Crippen molar-refractivity contribution in [3.63, 3.8) is 0 Å². The van der Waals surface area contributed by atoms with Crippen molar-refractivity contribution in [2.24, 2.45) is 11.3 Å². The molecule has 1 aliphatic carbocycles. The van der Waals surface area contributed by atoms with Crippen molar-refractivity contribution in [2.45, 2.75) is 40.0 Å². The summed E-state index contributed by atoms with van der Waals surface area (Å²) in [5.41, 5.74) is 1.69. The molecular formula is C20H26N6O3. The quantitative estimate of drug-likeness (QED) is 0.788. The molecule has 0 spiro atoms. The van der Waals surface area contributed by atoms with Crippen LogP contribution in [-0.2, 0) is 9.59 Å². The molecule has 1 amide bonds. The van der Waals surface area contributed by atoms with Gasteiger partial charge in [-0.1, -0.05) is 6.42 Å². The highest BCUT2D eigenvalue weighted by Crippen LogP contribution is 2.48. The van der Waals surface area contributed by atoms with Gasteiger partial charge in [0.2, 0.25) is 5.91 Å². The number of amides is 1. The van der Waals surface area contributed by atoms with E-state index in [0.717, 1.165) is 29.9 Å². The van der Waals surface area contributed by atoms with E-state index >= 15 is 0 Å². The number of carboxylic acids is 1. The lowest BCUT2D eigenvalue weighted by Crippen LogP contribution is -2.37. The number of aryl methyl sites for hydroxylation is 3. The van der Waals surface area contributed by atoms with Crippen LogP contribution >= 0.6 is 0 Å². The van der Waals surface area contributed by atoms with Crippen LogP contribution in [-0.4, -0.2) is 61.3 Å². The minimum absolute atomic E-state index is 0.129. The van der Waals surface area contributed by atoms with Crippen molar-refractivity contribution in [3.8, 4) is 5.95 Å². The predicted octanol–water partition coefficient (Wildman–Crippen LogP) is 1.71. The number of nitrogens with one attached hydrogen (secondary N) is 1. The largest absolute Gasteiger partial charge is 0.481 e. The summed E-state index contributed by atoms with van der Waals surface area (Å²) in [5.74, 6) is 0.111. The lowest BCUT2D eigenvalue weighted by atomic mass is 9.81. The zero-order valence-corrected chi connectivity index (χ0v) is 17.0. The molecule has 2 aromatic rings. The third-order valence-electron chi connectivity index (χ3n) is 5.99. The average Bonchev–Trinajstić information content (AvgIpc) is 3.26. The number of rotatable bonds is 5. The number of anilines is 1. The molecule has 4 rings (SSSR count). The molecule has 1 saturated heterocycles. The fraction of sp³-hybridized carbons (Fsp3) is 0.550. The van der Waals surface area contributed by atoms with Crippen LogP contribution in [0.1, 0.15) is 36.3 Å². The first-order chi connectivity index (χ1) is 13.8. The number of hydrogen-bond donors (Lipinski definition) is 2. The number of likely N-dealkylation sites (tertiary alicyclic amines) is 1. The molecule has 29 heavy (non-hydrogen) atoms. The molecule has 1 aliphatic heterocycles. The highest BCUT2D eigenvalue weighted by atomic mass is 16.4. The standard InChI is InChI=1S/C20H26N6O3/c1-12-7-13(2)22-19(21-12)26-16(8-14(3)24-26)23-17(27)10-25-9-15-5-4-6-20(15,11-25)18(28)29/h7-8,15H,4-6,9-11H2,1-3H3,(H,23,27)(H,28,29)/t15-,20+/m0/s1. The summed E-state index contributed by atoms with van der Waals surface area (Å²) in [6.07, 6.45) is 2.56. The van der Waals surface area contributed by atoms with Crippen molar-refractivity contribution in [2.75, 3.05) is 25.0 Å². The maximum absolute atomic E-state index is 12.7. The maximum Gasteiger partial charge on any atom is 0.311 e. The molecule has 2 N–H and O–H groups in total. The molecule has 9 heteroatoms. The van der Waals surface area contributed by atoms with Crippen LogP contribution in [0.15, 0.2) is 12.1 Å². The summed E-state index contributed by atoms with van der Waals surface area (Å²) in [4.78, 5) is 35.3. The Balaban J connectivity index is 1.48. The summed E-state index contributed by atoms with van der Waals surface area (Å²) in [6.45, 7) is 6.85. The Bertz CT molecular complexity index is 951. The van der Waals surface area contributed by atoms with E-state index in [2.05, 4.69) is 20.4 Å². The Morgan fingerprint density at radius 3 is 2.59 bits per heavy atom. The van der Waals surface area contributed by atoms with E-state index in [9.17, 15) is 14.7 Å². The van der Waals surface area contributed by atoms with E-state index in [0.29, 0.717) is 31.3 Å². The molecule has 0 radical (unpaired) electrons. The zero-order chi connectivity index (χ0) is 20.8. The first-order valence-electron chi connectivity index (χ1n) is 9.92. The fourth-order valence-corrected chi connectivity index (χ4v) is 4.79. The second kappa shape index (κ2) is 7.22. The van der Waals surface area contributed by atoms with Crippen LogP contribution in [0.2, 0.25) is 0 Å². The summed E-state index contributed by atoms with van der Waals surface area (Å²) in [7, 11) is 0.